The summed E-state index contributed by atoms with van der Waals surface area (Å²) in [7, 11) is 0. The van der Waals surface area contributed by atoms with Crippen molar-refractivity contribution in [3.8, 4) is 5.75 Å². The second-order valence-electron chi connectivity index (χ2n) is 4.47. The molecule has 0 spiro atoms. The maximum absolute atomic E-state index is 5.82. The van der Waals surface area contributed by atoms with Gasteiger partial charge in [0.25, 0.3) is 0 Å². The van der Waals surface area contributed by atoms with E-state index < -0.39 is 0 Å². The van der Waals surface area contributed by atoms with E-state index in [4.69, 9.17) is 10.5 Å². The van der Waals surface area contributed by atoms with Crippen molar-refractivity contribution in [2.45, 2.75) is 25.7 Å². The van der Waals surface area contributed by atoms with Crippen LogP contribution >= 0.6 is 15.9 Å². The molecule has 88 valence electrons. The van der Waals surface area contributed by atoms with E-state index in [0.29, 0.717) is 11.8 Å². The molecule has 1 heterocycles. The average molecular weight is 284 g/mol. The number of hydrogen-bond acceptors (Lipinski definition) is 2. The van der Waals surface area contributed by atoms with E-state index in [1.165, 1.54) is 12.0 Å². The van der Waals surface area contributed by atoms with Gasteiger partial charge in [0.05, 0.1) is 11.1 Å². The Kier molecular flexibility index (Phi) is 3.87. The quantitative estimate of drug-likeness (QED) is 0.904. The van der Waals surface area contributed by atoms with E-state index in [0.717, 1.165) is 29.8 Å². The summed E-state index contributed by atoms with van der Waals surface area (Å²) in [6.07, 6.45) is 2.28. The van der Waals surface area contributed by atoms with Gasteiger partial charge < -0.3 is 10.5 Å². The maximum Gasteiger partial charge on any atom is 0.136 e. The van der Waals surface area contributed by atoms with Crippen molar-refractivity contribution in [1.29, 1.82) is 0 Å². The first-order valence-electron chi connectivity index (χ1n) is 5.85. The number of para-hydroxylation sites is 1. The first-order chi connectivity index (χ1) is 7.74. The van der Waals surface area contributed by atoms with Crippen molar-refractivity contribution in [3.63, 3.8) is 0 Å². The lowest BCUT2D eigenvalue weighted by Gasteiger charge is -2.22. The van der Waals surface area contributed by atoms with Gasteiger partial charge in [0, 0.05) is 0 Å². The lowest BCUT2D eigenvalue weighted by Crippen LogP contribution is -2.19. The second kappa shape index (κ2) is 5.19. The normalized spacial score (nSPS) is 21.8. The van der Waals surface area contributed by atoms with Crippen LogP contribution in [0.2, 0.25) is 0 Å². The Bertz CT molecular complexity index is 367. The van der Waals surface area contributed by atoms with Crippen LogP contribution in [0.1, 0.15) is 31.2 Å². The largest absolute Gasteiger partial charge is 0.492 e. The molecule has 2 unspecified atom stereocenters. The molecule has 2 rings (SSSR count). The maximum atomic E-state index is 5.82. The molecule has 0 saturated carbocycles. The van der Waals surface area contributed by atoms with E-state index in [-0.39, 0.29) is 0 Å². The molecule has 1 aromatic rings. The first-order valence-corrected chi connectivity index (χ1v) is 6.64. The molecule has 0 fully saturated rings. The van der Waals surface area contributed by atoms with Crippen LogP contribution in [-0.2, 0) is 0 Å². The van der Waals surface area contributed by atoms with Crippen molar-refractivity contribution < 1.29 is 4.74 Å². The Balaban J connectivity index is 2.40. The van der Waals surface area contributed by atoms with Crippen LogP contribution in [0.3, 0.4) is 0 Å². The Labute approximate surface area is 105 Å². The molecule has 0 aromatic heterocycles. The topological polar surface area (TPSA) is 35.2 Å². The van der Waals surface area contributed by atoms with Crippen molar-refractivity contribution >= 4 is 15.9 Å². The zero-order valence-electron chi connectivity index (χ0n) is 9.58. The Morgan fingerprint density at radius 1 is 1.56 bits per heavy atom. The van der Waals surface area contributed by atoms with Crippen molar-refractivity contribution in [1.82, 2.24) is 0 Å². The third-order valence-corrected chi connectivity index (χ3v) is 3.99. The number of hydrogen-bond donors (Lipinski definition) is 1. The molecule has 0 saturated heterocycles. The van der Waals surface area contributed by atoms with Gasteiger partial charge in [-0.15, -0.1) is 0 Å². The minimum atomic E-state index is 0.509. The smallest absolute Gasteiger partial charge is 0.136 e. The number of rotatable bonds is 2. The van der Waals surface area contributed by atoms with Gasteiger partial charge in [0.15, 0.2) is 0 Å². The molecule has 1 aliphatic rings. The van der Waals surface area contributed by atoms with E-state index in [1.54, 1.807) is 0 Å². The lowest BCUT2D eigenvalue weighted by molar-refractivity contribution is 0.312. The molecule has 0 aliphatic carbocycles. The summed E-state index contributed by atoms with van der Waals surface area (Å²) >= 11 is 3.56. The van der Waals surface area contributed by atoms with E-state index in [9.17, 15) is 0 Å². The summed E-state index contributed by atoms with van der Waals surface area (Å²) in [5.41, 5.74) is 7.11. The van der Waals surface area contributed by atoms with E-state index >= 15 is 0 Å². The molecular formula is C13H18BrNO. The molecular weight excluding hydrogens is 266 g/mol. The van der Waals surface area contributed by atoms with E-state index in [1.807, 2.05) is 6.07 Å². The highest BCUT2D eigenvalue weighted by Crippen LogP contribution is 2.41. The molecule has 3 heteroatoms. The monoisotopic (exact) mass is 283 g/mol. The summed E-state index contributed by atoms with van der Waals surface area (Å²) in [5, 5.41) is 0. The van der Waals surface area contributed by atoms with Crippen molar-refractivity contribution in [3.05, 3.63) is 28.2 Å². The number of fused-ring (bicyclic) bond motifs is 1. The van der Waals surface area contributed by atoms with Crippen LogP contribution in [0.4, 0.5) is 0 Å². The molecule has 1 aromatic carbocycles. The first kappa shape index (κ1) is 11.9. The van der Waals surface area contributed by atoms with Gasteiger partial charge in [-0.1, -0.05) is 19.1 Å². The molecule has 0 bridgehead atoms. The van der Waals surface area contributed by atoms with Gasteiger partial charge in [-0.05, 0) is 58.8 Å². The number of halogens is 1. The molecule has 2 nitrogen and oxygen atoms in total. The van der Waals surface area contributed by atoms with Crippen LogP contribution in [0.15, 0.2) is 22.7 Å². The van der Waals surface area contributed by atoms with Gasteiger partial charge in [-0.2, -0.15) is 0 Å². The van der Waals surface area contributed by atoms with Crippen LogP contribution < -0.4 is 10.5 Å². The van der Waals surface area contributed by atoms with Crippen LogP contribution in [0.25, 0.3) is 0 Å². The molecule has 2 N–H and O–H groups in total. The fourth-order valence-electron chi connectivity index (χ4n) is 2.36. The van der Waals surface area contributed by atoms with Gasteiger partial charge in [0.2, 0.25) is 0 Å². The zero-order chi connectivity index (χ0) is 11.5. The fourth-order valence-corrected chi connectivity index (χ4v) is 2.85. The van der Waals surface area contributed by atoms with Crippen molar-refractivity contribution in [2.75, 3.05) is 13.2 Å². The predicted molar refractivity (Wildman–Crippen MR) is 69.8 cm³/mol. The highest BCUT2D eigenvalue weighted by molar-refractivity contribution is 9.10. The standard InChI is InChI=1S/C13H18BrNO/c1-9(8-15)10-5-3-7-16-13-11(10)4-2-6-12(13)14/h2,4,6,9-10H,3,5,7-8,15H2,1H3. The minimum absolute atomic E-state index is 0.509. The zero-order valence-corrected chi connectivity index (χ0v) is 11.2. The van der Waals surface area contributed by atoms with Gasteiger partial charge in [-0.25, -0.2) is 0 Å². The summed E-state index contributed by atoms with van der Waals surface area (Å²) in [6.45, 7) is 3.76. The second-order valence-corrected chi connectivity index (χ2v) is 5.32. The number of nitrogens with two attached hydrogens (primary N) is 1. The average Bonchev–Trinajstić information content (AvgIpc) is 2.51. The number of benzene rings is 1. The SMILES string of the molecule is CC(CN)C1CCCOc2c(Br)cccc21. The summed E-state index contributed by atoms with van der Waals surface area (Å²) in [6, 6.07) is 6.28. The van der Waals surface area contributed by atoms with Gasteiger partial charge in [-0.3, -0.25) is 0 Å². The molecule has 0 radical (unpaired) electrons. The molecule has 2 atom stereocenters. The summed E-state index contributed by atoms with van der Waals surface area (Å²) < 4.78 is 6.87. The molecule has 0 amide bonds. The summed E-state index contributed by atoms with van der Waals surface area (Å²) in [4.78, 5) is 0. The Hall–Kier alpha value is -0.540. The highest BCUT2D eigenvalue weighted by atomic mass is 79.9. The van der Waals surface area contributed by atoms with Crippen molar-refractivity contribution in [2.24, 2.45) is 11.7 Å². The summed E-state index contributed by atoms with van der Waals surface area (Å²) in [5.74, 6) is 2.06. The third-order valence-electron chi connectivity index (χ3n) is 3.36. The van der Waals surface area contributed by atoms with Crippen LogP contribution in [0.5, 0.6) is 5.75 Å². The number of ether oxygens (including phenoxy) is 1. The van der Waals surface area contributed by atoms with Crippen LogP contribution in [-0.4, -0.2) is 13.2 Å². The van der Waals surface area contributed by atoms with Crippen LogP contribution in [0, 0.1) is 5.92 Å². The molecule has 16 heavy (non-hydrogen) atoms. The minimum Gasteiger partial charge on any atom is -0.492 e. The van der Waals surface area contributed by atoms with Gasteiger partial charge >= 0.3 is 0 Å². The molecule has 1 aliphatic heterocycles. The Morgan fingerprint density at radius 3 is 3.12 bits per heavy atom. The fraction of sp³-hybridized carbons (Fsp3) is 0.538. The third kappa shape index (κ3) is 2.25. The predicted octanol–water partition coefficient (Wildman–Crippen LogP) is 3.30. The highest BCUT2D eigenvalue weighted by Gasteiger charge is 2.25. The van der Waals surface area contributed by atoms with Gasteiger partial charge in [0.1, 0.15) is 5.75 Å². The van der Waals surface area contributed by atoms with E-state index in [2.05, 4.69) is 35.0 Å². The Morgan fingerprint density at radius 2 is 2.38 bits per heavy atom. The lowest BCUT2D eigenvalue weighted by atomic mass is 9.84.